The summed E-state index contributed by atoms with van der Waals surface area (Å²) in [6, 6.07) is 12.7. The van der Waals surface area contributed by atoms with Crippen LogP contribution in [0.1, 0.15) is 40.5 Å². The Morgan fingerprint density at radius 2 is 2.16 bits per heavy atom. The van der Waals surface area contributed by atoms with Crippen molar-refractivity contribution in [2.75, 3.05) is 19.7 Å². The SMILES string of the molecule is Cc1ccc2[nH]c(CCN(CCO)C3CCc4cc(/C=C/C(=O)NO)ccc43)nc2c1. The maximum atomic E-state index is 11.2. The van der Waals surface area contributed by atoms with Crippen molar-refractivity contribution in [1.82, 2.24) is 20.3 Å². The Bertz CT molecular complexity index is 1110. The lowest BCUT2D eigenvalue weighted by Crippen LogP contribution is -2.32. The molecule has 4 rings (SSSR count). The van der Waals surface area contributed by atoms with Crippen LogP contribution in [0.5, 0.6) is 0 Å². The van der Waals surface area contributed by atoms with Gasteiger partial charge in [-0.2, -0.15) is 0 Å². The van der Waals surface area contributed by atoms with E-state index in [0.717, 1.165) is 48.2 Å². The van der Waals surface area contributed by atoms with Gasteiger partial charge in [-0.3, -0.25) is 14.9 Å². The lowest BCUT2D eigenvalue weighted by Gasteiger charge is -2.28. The second-order valence-corrected chi connectivity index (χ2v) is 8.04. The Morgan fingerprint density at radius 3 is 2.97 bits per heavy atom. The van der Waals surface area contributed by atoms with Crippen molar-refractivity contribution < 1.29 is 15.1 Å². The number of nitrogens with one attached hydrogen (secondary N) is 2. The van der Waals surface area contributed by atoms with Crippen LogP contribution in [0.15, 0.2) is 42.5 Å². The number of carbonyl (C=O) groups is 1. The zero-order valence-electron chi connectivity index (χ0n) is 17.6. The van der Waals surface area contributed by atoms with E-state index in [4.69, 9.17) is 10.2 Å². The van der Waals surface area contributed by atoms with Gasteiger partial charge in [0.1, 0.15) is 5.82 Å². The number of fused-ring (bicyclic) bond motifs is 2. The standard InChI is InChI=1S/C24H28N4O3/c1-16-2-7-20-21(14-16)26-23(25-20)10-11-28(12-13-29)22-8-5-18-15-17(3-6-19(18)22)4-9-24(30)27-31/h2-4,6-7,9,14-15,22,29,31H,5,8,10-13H2,1H3,(H,25,26)(H,27,30)/b9-4+. The molecule has 1 amide bonds. The molecule has 0 aliphatic heterocycles. The highest BCUT2D eigenvalue weighted by atomic mass is 16.5. The third-order valence-corrected chi connectivity index (χ3v) is 5.90. The van der Waals surface area contributed by atoms with Crippen LogP contribution in [-0.2, 0) is 17.6 Å². The van der Waals surface area contributed by atoms with Crippen molar-refractivity contribution in [3.8, 4) is 0 Å². The minimum absolute atomic E-state index is 0.113. The third kappa shape index (κ3) is 4.85. The molecule has 4 N–H and O–H groups in total. The first kappa shape index (κ1) is 21.2. The van der Waals surface area contributed by atoms with E-state index in [9.17, 15) is 9.90 Å². The summed E-state index contributed by atoms with van der Waals surface area (Å²) >= 11 is 0. The number of nitrogens with zero attached hydrogens (tertiary/aromatic N) is 2. The van der Waals surface area contributed by atoms with Crippen molar-refractivity contribution in [3.63, 3.8) is 0 Å². The van der Waals surface area contributed by atoms with Crippen LogP contribution >= 0.6 is 0 Å². The number of rotatable bonds is 8. The fourth-order valence-electron chi connectivity index (χ4n) is 4.40. The van der Waals surface area contributed by atoms with E-state index in [-0.39, 0.29) is 12.6 Å². The molecule has 0 saturated carbocycles. The Kier molecular flexibility index (Phi) is 6.46. The Labute approximate surface area is 181 Å². The summed E-state index contributed by atoms with van der Waals surface area (Å²) in [6.45, 7) is 3.60. The van der Waals surface area contributed by atoms with E-state index < -0.39 is 5.91 Å². The predicted molar refractivity (Wildman–Crippen MR) is 120 cm³/mol. The number of benzene rings is 2. The zero-order valence-corrected chi connectivity index (χ0v) is 17.6. The highest BCUT2D eigenvalue weighted by Gasteiger charge is 2.27. The zero-order chi connectivity index (χ0) is 21.8. The molecule has 31 heavy (non-hydrogen) atoms. The van der Waals surface area contributed by atoms with Crippen molar-refractivity contribution in [1.29, 1.82) is 0 Å². The van der Waals surface area contributed by atoms with Crippen LogP contribution in [0.3, 0.4) is 0 Å². The topological polar surface area (TPSA) is 101 Å². The van der Waals surface area contributed by atoms with E-state index in [1.807, 2.05) is 6.07 Å². The molecular weight excluding hydrogens is 392 g/mol. The molecule has 1 aliphatic rings. The summed E-state index contributed by atoms with van der Waals surface area (Å²) in [7, 11) is 0. The largest absolute Gasteiger partial charge is 0.395 e. The average Bonchev–Trinajstić information content (AvgIpc) is 3.37. The van der Waals surface area contributed by atoms with Crippen LogP contribution in [0.25, 0.3) is 17.1 Å². The van der Waals surface area contributed by atoms with Gasteiger partial charge < -0.3 is 10.1 Å². The van der Waals surface area contributed by atoms with Gasteiger partial charge in [-0.25, -0.2) is 10.5 Å². The number of hydroxylamine groups is 1. The second-order valence-electron chi connectivity index (χ2n) is 8.04. The number of amides is 1. The molecule has 7 nitrogen and oxygen atoms in total. The molecule has 1 heterocycles. The molecule has 0 saturated heterocycles. The summed E-state index contributed by atoms with van der Waals surface area (Å²) in [6.07, 6.45) is 5.74. The van der Waals surface area contributed by atoms with Crippen molar-refractivity contribution in [2.45, 2.75) is 32.2 Å². The van der Waals surface area contributed by atoms with Gasteiger partial charge in [-0.1, -0.05) is 24.3 Å². The lowest BCUT2D eigenvalue weighted by molar-refractivity contribution is -0.124. The molecule has 1 aliphatic carbocycles. The number of H-pyrrole nitrogens is 1. The first-order valence-electron chi connectivity index (χ1n) is 10.6. The molecule has 1 unspecified atom stereocenters. The minimum atomic E-state index is -0.548. The van der Waals surface area contributed by atoms with Gasteiger partial charge in [0.05, 0.1) is 17.6 Å². The molecule has 0 radical (unpaired) electrons. The van der Waals surface area contributed by atoms with E-state index in [1.165, 1.54) is 22.8 Å². The minimum Gasteiger partial charge on any atom is -0.395 e. The van der Waals surface area contributed by atoms with Gasteiger partial charge in [0.15, 0.2) is 0 Å². The van der Waals surface area contributed by atoms with E-state index >= 15 is 0 Å². The van der Waals surface area contributed by atoms with Crippen LogP contribution in [0, 0.1) is 6.92 Å². The van der Waals surface area contributed by atoms with Gasteiger partial charge in [-0.05, 0) is 60.2 Å². The van der Waals surface area contributed by atoms with E-state index in [2.05, 4.69) is 47.1 Å². The van der Waals surface area contributed by atoms with Crippen molar-refractivity contribution >= 4 is 23.0 Å². The monoisotopic (exact) mass is 420 g/mol. The number of aliphatic hydroxyl groups is 1. The fourth-order valence-corrected chi connectivity index (χ4v) is 4.40. The summed E-state index contributed by atoms with van der Waals surface area (Å²) < 4.78 is 0. The maximum absolute atomic E-state index is 11.2. The molecule has 1 atom stereocenters. The molecule has 0 bridgehead atoms. The number of aliphatic hydroxyl groups excluding tert-OH is 1. The molecule has 1 aromatic heterocycles. The van der Waals surface area contributed by atoms with E-state index in [1.54, 1.807) is 11.6 Å². The average molecular weight is 421 g/mol. The number of aryl methyl sites for hydroxylation is 2. The number of carbonyl (C=O) groups excluding carboxylic acids is 1. The number of aromatic nitrogens is 2. The molecule has 2 aromatic carbocycles. The van der Waals surface area contributed by atoms with Gasteiger partial charge in [0, 0.05) is 31.6 Å². The highest BCUT2D eigenvalue weighted by Crippen LogP contribution is 2.36. The number of hydrogen-bond acceptors (Lipinski definition) is 5. The second kappa shape index (κ2) is 9.43. The molecule has 3 aromatic rings. The van der Waals surface area contributed by atoms with Crippen molar-refractivity contribution in [3.05, 3.63) is 70.6 Å². The van der Waals surface area contributed by atoms with Gasteiger partial charge in [-0.15, -0.1) is 0 Å². The Balaban J connectivity index is 1.47. The van der Waals surface area contributed by atoms with Crippen LogP contribution in [-0.4, -0.2) is 50.8 Å². The smallest absolute Gasteiger partial charge is 0.267 e. The summed E-state index contributed by atoms with van der Waals surface area (Å²) in [5.41, 5.74) is 8.30. The van der Waals surface area contributed by atoms with Crippen LogP contribution < -0.4 is 5.48 Å². The molecule has 0 fully saturated rings. The summed E-state index contributed by atoms with van der Waals surface area (Å²) in [4.78, 5) is 21.7. The molecule has 162 valence electrons. The molecule has 7 heteroatoms. The normalized spacial score (nSPS) is 15.8. The molecular formula is C24H28N4O3. The van der Waals surface area contributed by atoms with Crippen molar-refractivity contribution in [2.24, 2.45) is 0 Å². The number of aromatic amines is 1. The van der Waals surface area contributed by atoms with Gasteiger partial charge in [0.25, 0.3) is 5.91 Å². The highest BCUT2D eigenvalue weighted by molar-refractivity contribution is 5.90. The van der Waals surface area contributed by atoms with Gasteiger partial charge in [0.2, 0.25) is 0 Å². The van der Waals surface area contributed by atoms with Crippen LogP contribution in [0.4, 0.5) is 0 Å². The maximum Gasteiger partial charge on any atom is 0.267 e. The first-order valence-corrected chi connectivity index (χ1v) is 10.6. The fraction of sp³-hybridized carbons (Fsp3) is 0.333. The molecule has 0 spiro atoms. The predicted octanol–water partition coefficient (Wildman–Crippen LogP) is 2.91. The van der Waals surface area contributed by atoms with E-state index in [0.29, 0.717) is 6.54 Å². The Hall–Kier alpha value is -3.00. The number of hydrogen-bond donors (Lipinski definition) is 4. The summed E-state index contributed by atoms with van der Waals surface area (Å²) in [5, 5.41) is 18.3. The quantitative estimate of drug-likeness (QED) is 0.255. The summed E-state index contributed by atoms with van der Waals surface area (Å²) in [5.74, 6) is 0.414. The van der Waals surface area contributed by atoms with Crippen LogP contribution in [0.2, 0.25) is 0 Å². The first-order chi connectivity index (χ1) is 15.1. The lowest BCUT2D eigenvalue weighted by atomic mass is 10.0. The number of imidazole rings is 1. The van der Waals surface area contributed by atoms with Gasteiger partial charge >= 0.3 is 0 Å². The Morgan fingerprint density at radius 1 is 1.29 bits per heavy atom. The third-order valence-electron chi connectivity index (χ3n) is 5.90.